The van der Waals surface area contributed by atoms with Crippen molar-refractivity contribution in [1.29, 1.82) is 0 Å². The minimum Gasteiger partial charge on any atom is -0.503 e. The number of benzene rings is 1. The lowest BCUT2D eigenvalue weighted by Gasteiger charge is -2.28. The summed E-state index contributed by atoms with van der Waals surface area (Å²) in [6.45, 7) is 1.60. The maximum Gasteiger partial charge on any atom is 0.272 e. The van der Waals surface area contributed by atoms with Gasteiger partial charge in [0.15, 0.2) is 11.4 Å². The summed E-state index contributed by atoms with van der Waals surface area (Å²) in [4.78, 5) is 37.1. The first-order valence-electron chi connectivity index (χ1n) is 9.75. The summed E-state index contributed by atoms with van der Waals surface area (Å²) in [6.07, 6.45) is 11.6. The molecule has 7 nitrogen and oxygen atoms in total. The van der Waals surface area contributed by atoms with Gasteiger partial charge >= 0.3 is 0 Å². The third-order valence-corrected chi connectivity index (χ3v) is 4.91. The number of hydrogen-bond donors (Lipinski definition) is 3. The molecule has 10 heteroatoms. The average Bonchev–Trinajstić information content (AvgIpc) is 2.74. The molecule has 2 heterocycles. The van der Waals surface area contributed by atoms with Gasteiger partial charge in [-0.3, -0.25) is 14.4 Å². The van der Waals surface area contributed by atoms with E-state index in [1.807, 2.05) is 6.92 Å². The van der Waals surface area contributed by atoms with Gasteiger partial charge in [-0.25, -0.2) is 13.2 Å². The first-order chi connectivity index (χ1) is 15.2. The molecule has 1 aromatic heterocycles. The molecular weight excluding hydrogens is 427 g/mol. The molecule has 1 atom stereocenters. The lowest BCUT2D eigenvalue weighted by molar-refractivity contribution is 0.0884. The number of pyridine rings is 1. The molecule has 3 rings (SSSR count). The van der Waals surface area contributed by atoms with Crippen LogP contribution in [0.15, 0.2) is 23.1 Å². The maximum atomic E-state index is 13.7. The number of rotatable bonds is 6. The van der Waals surface area contributed by atoms with Crippen LogP contribution in [0.5, 0.6) is 5.75 Å². The molecule has 0 aliphatic carbocycles. The van der Waals surface area contributed by atoms with Crippen LogP contribution in [0.2, 0.25) is 0 Å². The van der Waals surface area contributed by atoms with Gasteiger partial charge in [-0.2, -0.15) is 0 Å². The lowest BCUT2D eigenvalue weighted by atomic mass is 10.1. The summed E-state index contributed by atoms with van der Waals surface area (Å²) < 4.78 is 41.8. The van der Waals surface area contributed by atoms with Gasteiger partial charge in [-0.05, 0) is 6.42 Å². The van der Waals surface area contributed by atoms with Gasteiger partial charge in [-0.15, -0.1) is 12.8 Å². The molecule has 1 aromatic carbocycles. The fourth-order valence-corrected chi connectivity index (χ4v) is 3.35. The number of aromatic hydroxyl groups is 1. The van der Waals surface area contributed by atoms with Gasteiger partial charge in [0.25, 0.3) is 11.8 Å². The number of carbonyl (C=O) groups is 2. The van der Waals surface area contributed by atoms with Crippen molar-refractivity contribution in [3.63, 3.8) is 0 Å². The largest absolute Gasteiger partial charge is 0.503 e. The van der Waals surface area contributed by atoms with Gasteiger partial charge < -0.3 is 20.3 Å². The van der Waals surface area contributed by atoms with E-state index in [9.17, 15) is 32.7 Å². The Bertz CT molecular complexity index is 1090. The molecule has 170 valence electrons. The van der Waals surface area contributed by atoms with Crippen LogP contribution in [-0.4, -0.2) is 27.5 Å². The van der Waals surface area contributed by atoms with E-state index in [1.165, 1.54) is 4.57 Å². The van der Waals surface area contributed by atoms with Gasteiger partial charge in [0.2, 0.25) is 5.43 Å². The van der Waals surface area contributed by atoms with Crippen molar-refractivity contribution in [2.75, 3.05) is 0 Å². The third kappa shape index (κ3) is 5.11. The van der Waals surface area contributed by atoms with Crippen molar-refractivity contribution in [1.82, 2.24) is 15.2 Å². The fourth-order valence-electron chi connectivity index (χ4n) is 3.35. The molecule has 1 aliphatic rings. The van der Waals surface area contributed by atoms with Crippen LogP contribution in [0.1, 0.15) is 52.6 Å². The summed E-state index contributed by atoms with van der Waals surface area (Å²) >= 11 is 0. The second-order valence-electron chi connectivity index (χ2n) is 7.06. The van der Waals surface area contributed by atoms with Crippen LogP contribution in [0.25, 0.3) is 0 Å². The standard InChI is InChI=1S/C20H20F3N3O4.C2H2/c1-2-3-4-11-8-26-9-13(17(27)18(28)16(26)20(30)25-11)19(29)24-7-12-14(22)5-10(21)6-15(12)23;1-2/h5-6,9,11,28H,2-4,7-8H2,1H3,(H,24,29)(H,25,30);1-2H/t11-;/m0./s1. The molecule has 3 N–H and O–H groups in total. The highest BCUT2D eigenvalue weighted by Gasteiger charge is 2.30. The van der Waals surface area contributed by atoms with Crippen molar-refractivity contribution in [2.45, 2.75) is 45.3 Å². The monoisotopic (exact) mass is 449 g/mol. The molecule has 0 radical (unpaired) electrons. The number of fused-ring (bicyclic) bond motifs is 1. The van der Waals surface area contributed by atoms with Gasteiger partial charge in [-0.1, -0.05) is 19.8 Å². The number of hydrogen-bond acceptors (Lipinski definition) is 4. The Kier molecular flexibility index (Phi) is 8.07. The zero-order chi connectivity index (χ0) is 24.0. The number of nitrogens with zero attached hydrogens (tertiary/aromatic N) is 1. The predicted octanol–water partition coefficient (Wildman–Crippen LogP) is 2.45. The SMILES string of the molecule is C#C.CCCC[C@H]1Cn2cc(C(=O)NCc3c(F)cc(F)cc3F)c(=O)c(O)c2C(=O)N1. The Balaban J connectivity index is 0.00000176. The molecule has 0 unspecified atom stereocenters. The van der Waals surface area contributed by atoms with Crippen molar-refractivity contribution >= 4 is 11.8 Å². The molecule has 0 saturated carbocycles. The third-order valence-electron chi connectivity index (χ3n) is 4.91. The molecule has 2 amide bonds. The van der Waals surface area contributed by atoms with Crippen LogP contribution in [-0.2, 0) is 13.1 Å². The molecule has 32 heavy (non-hydrogen) atoms. The number of nitrogens with one attached hydrogen (secondary N) is 2. The highest BCUT2D eigenvalue weighted by molar-refractivity contribution is 5.99. The maximum absolute atomic E-state index is 13.7. The van der Waals surface area contributed by atoms with E-state index in [2.05, 4.69) is 23.5 Å². The fraction of sp³-hybridized carbons (Fsp3) is 0.318. The van der Waals surface area contributed by atoms with E-state index < -0.39 is 58.1 Å². The van der Waals surface area contributed by atoms with Crippen LogP contribution in [0, 0.1) is 30.3 Å². The van der Waals surface area contributed by atoms with E-state index in [4.69, 9.17) is 0 Å². The highest BCUT2D eigenvalue weighted by atomic mass is 19.1. The van der Waals surface area contributed by atoms with Crippen LogP contribution in [0.4, 0.5) is 13.2 Å². The van der Waals surface area contributed by atoms with Crippen molar-refractivity contribution in [3.8, 4) is 18.6 Å². The molecule has 0 bridgehead atoms. The quantitative estimate of drug-likeness (QED) is 0.590. The molecule has 2 aromatic rings. The van der Waals surface area contributed by atoms with Crippen molar-refractivity contribution in [3.05, 3.63) is 62.8 Å². The molecule has 0 fully saturated rings. The topological polar surface area (TPSA) is 100 Å². The molecule has 0 saturated heterocycles. The van der Waals surface area contributed by atoms with E-state index >= 15 is 0 Å². The minimum absolute atomic E-state index is 0.231. The van der Waals surface area contributed by atoms with Gasteiger partial charge in [0.1, 0.15) is 23.0 Å². The Labute approximate surface area is 182 Å². The molecule has 0 spiro atoms. The molecular formula is C22H22F3N3O4. The Morgan fingerprint density at radius 1 is 1.25 bits per heavy atom. The Morgan fingerprint density at radius 3 is 2.47 bits per heavy atom. The normalized spacial score (nSPS) is 14.6. The van der Waals surface area contributed by atoms with Crippen LogP contribution < -0.4 is 16.1 Å². The van der Waals surface area contributed by atoms with Crippen molar-refractivity contribution < 1.29 is 27.9 Å². The smallest absolute Gasteiger partial charge is 0.272 e. The Hall–Kier alpha value is -3.74. The highest BCUT2D eigenvalue weighted by Crippen LogP contribution is 2.20. The average molecular weight is 449 g/mol. The Morgan fingerprint density at radius 2 is 1.88 bits per heavy atom. The van der Waals surface area contributed by atoms with E-state index in [-0.39, 0.29) is 18.3 Å². The number of unbranched alkanes of at least 4 members (excludes halogenated alkanes) is 1. The number of amides is 2. The number of carbonyl (C=O) groups excluding carboxylic acids is 2. The summed E-state index contributed by atoms with van der Waals surface area (Å²) in [5.41, 5.74) is -2.39. The van der Waals surface area contributed by atoms with Crippen LogP contribution >= 0.6 is 0 Å². The van der Waals surface area contributed by atoms with E-state index in [1.54, 1.807) is 0 Å². The zero-order valence-corrected chi connectivity index (χ0v) is 17.3. The zero-order valence-electron chi connectivity index (χ0n) is 17.3. The van der Waals surface area contributed by atoms with Crippen molar-refractivity contribution in [2.24, 2.45) is 0 Å². The summed E-state index contributed by atoms with van der Waals surface area (Å²) in [5, 5.41) is 15.1. The summed E-state index contributed by atoms with van der Waals surface area (Å²) in [5.74, 6) is -5.98. The van der Waals surface area contributed by atoms with E-state index in [0.717, 1.165) is 19.0 Å². The first-order valence-corrected chi connectivity index (χ1v) is 9.75. The van der Waals surface area contributed by atoms with Crippen LogP contribution in [0.3, 0.4) is 0 Å². The van der Waals surface area contributed by atoms with Gasteiger partial charge in [0.05, 0.1) is 0 Å². The van der Waals surface area contributed by atoms with Gasteiger partial charge in [0, 0.05) is 43.0 Å². The number of aromatic nitrogens is 1. The molecule has 1 aliphatic heterocycles. The lowest BCUT2D eigenvalue weighted by Crippen LogP contribution is -2.46. The second-order valence-corrected chi connectivity index (χ2v) is 7.06. The number of halogens is 3. The number of terminal acetylenes is 1. The summed E-state index contributed by atoms with van der Waals surface area (Å²) in [6, 6.07) is 0.712. The first kappa shape index (κ1) is 24.5. The minimum atomic E-state index is -1.19. The van der Waals surface area contributed by atoms with E-state index in [0.29, 0.717) is 18.6 Å². The second kappa shape index (κ2) is 10.5. The summed E-state index contributed by atoms with van der Waals surface area (Å²) in [7, 11) is 0. The predicted molar refractivity (Wildman–Crippen MR) is 111 cm³/mol.